The van der Waals surface area contributed by atoms with E-state index in [9.17, 15) is 0 Å². The SMILES string of the molecule is CCCC(C)(C)c1sc(C(C)(C)CC)c2c1OCCO2. The van der Waals surface area contributed by atoms with Crippen LogP contribution in [0.25, 0.3) is 0 Å². The molecule has 3 heteroatoms. The highest BCUT2D eigenvalue weighted by molar-refractivity contribution is 7.13. The third-order valence-corrected chi connectivity index (χ3v) is 6.27. The van der Waals surface area contributed by atoms with Gasteiger partial charge in [0, 0.05) is 10.8 Å². The minimum atomic E-state index is 0.149. The second-order valence-corrected chi connectivity index (χ2v) is 8.01. The summed E-state index contributed by atoms with van der Waals surface area (Å²) >= 11 is 1.90. The van der Waals surface area contributed by atoms with Gasteiger partial charge in [-0.2, -0.15) is 0 Å². The molecule has 2 nitrogen and oxygen atoms in total. The smallest absolute Gasteiger partial charge is 0.176 e. The van der Waals surface area contributed by atoms with Gasteiger partial charge in [0.15, 0.2) is 11.5 Å². The molecule has 0 unspecified atom stereocenters. The first-order chi connectivity index (χ1) is 9.33. The van der Waals surface area contributed by atoms with E-state index in [1.54, 1.807) is 0 Å². The molecule has 0 radical (unpaired) electrons. The molecule has 0 bridgehead atoms. The monoisotopic (exact) mass is 296 g/mol. The molecule has 114 valence electrons. The van der Waals surface area contributed by atoms with Crippen LogP contribution in [0.2, 0.25) is 0 Å². The van der Waals surface area contributed by atoms with Crippen molar-refractivity contribution in [1.82, 2.24) is 0 Å². The molecule has 0 spiro atoms. The summed E-state index contributed by atoms with van der Waals surface area (Å²) < 4.78 is 12.0. The molecule has 0 N–H and O–H groups in total. The summed E-state index contributed by atoms with van der Waals surface area (Å²) in [6.07, 6.45) is 3.47. The first-order valence-electron chi connectivity index (χ1n) is 7.77. The third kappa shape index (κ3) is 2.69. The van der Waals surface area contributed by atoms with Gasteiger partial charge in [0.25, 0.3) is 0 Å². The van der Waals surface area contributed by atoms with Crippen LogP contribution in [-0.4, -0.2) is 13.2 Å². The lowest BCUT2D eigenvalue weighted by atomic mass is 9.85. The van der Waals surface area contributed by atoms with Gasteiger partial charge < -0.3 is 9.47 Å². The molecule has 20 heavy (non-hydrogen) atoms. The van der Waals surface area contributed by atoms with Gasteiger partial charge in [0.2, 0.25) is 0 Å². The van der Waals surface area contributed by atoms with Gasteiger partial charge in [-0.3, -0.25) is 0 Å². The maximum absolute atomic E-state index is 5.99. The zero-order valence-electron chi connectivity index (χ0n) is 13.8. The molecule has 0 saturated carbocycles. The maximum atomic E-state index is 5.99. The van der Waals surface area contributed by atoms with Gasteiger partial charge in [-0.15, -0.1) is 11.3 Å². The zero-order chi connectivity index (χ0) is 15.0. The van der Waals surface area contributed by atoms with E-state index in [1.165, 1.54) is 22.6 Å². The average Bonchev–Trinajstić information content (AvgIpc) is 2.79. The first-order valence-corrected chi connectivity index (χ1v) is 8.58. The Morgan fingerprint density at radius 3 is 1.85 bits per heavy atom. The summed E-state index contributed by atoms with van der Waals surface area (Å²) in [5, 5.41) is 0. The average molecular weight is 296 g/mol. The van der Waals surface area contributed by atoms with Crippen LogP contribution in [0.5, 0.6) is 11.5 Å². The fraction of sp³-hybridized carbons (Fsp3) is 0.765. The summed E-state index contributed by atoms with van der Waals surface area (Å²) in [7, 11) is 0. The van der Waals surface area contributed by atoms with Crippen LogP contribution in [-0.2, 0) is 10.8 Å². The van der Waals surface area contributed by atoms with Crippen molar-refractivity contribution in [2.24, 2.45) is 0 Å². The lowest BCUT2D eigenvalue weighted by molar-refractivity contribution is 0.166. The van der Waals surface area contributed by atoms with Crippen molar-refractivity contribution in [3.63, 3.8) is 0 Å². The highest BCUT2D eigenvalue weighted by Gasteiger charge is 2.37. The van der Waals surface area contributed by atoms with Crippen molar-refractivity contribution in [1.29, 1.82) is 0 Å². The fourth-order valence-electron chi connectivity index (χ4n) is 2.74. The quantitative estimate of drug-likeness (QED) is 0.735. The molecule has 1 aromatic rings. The van der Waals surface area contributed by atoms with Crippen LogP contribution in [0.15, 0.2) is 0 Å². The Kier molecular flexibility index (Phi) is 4.38. The summed E-state index contributed by atoms with van der Waals surface area (Å²) in [6.45, 7) is 15.1. The summed E-state index contributed by atoms with van der Waals surface area (Å²) in [6, 6.07) is 0. The summed E-state index contributed by atoms with van der Waals surface area (Å²) in [5.74, 6) is 2.04. The molecular formula is C17H28O2S. The normalized spacial score (nSPS) is 15.5. The van der Waals surface area contributed by atoms with Crippen molar-refractivity contribution >= 4 is 11.3 Å². The molecule has 2 rings (SSSR count). The van der Waals surface area contributed by atoms with E-state index >= 15 is 0 Å². The second-order valence-electron chi connectivity index (χ2n) is 6.99. The van der Waals surface area contributed by atoms with Gasteiger partial charge in [0.05, 0.1) is 9.75 Å². The lowest BCUT2D eigenvalue weighted by Crippen LogP contribution is -2.21. The zero-order valence-corrected chi connectivity index (χ0v) is 14.6. The van der Waals surface area contributed by atoms with E-state index in [0.29, 0.717) is 13.2 Å². The summed E-state index contributed by atoms with van der Waals surface area (Å²) in [4.78, 5) is 2.72. The third-order valence-electron chi connectivity index (χ3n) is 4.39. The standard InChI is InChI=1S/C17H28O2S/c1-7-9-17(5,6)15-13-12(18-10-11-19-13)14(20-15)16(3,4)8-2/h7-11H2,1-6H3. The maximum Gasteiger partial charge on any atom is 0.176 e. The number of hydrogen-bond acceptors (Lipinski definition) is 3. The Morgan fingerprint density at radius 1 is 0.900 bits per heavy atom. The Labute approximate surface area is 127 Å². The van der Waals surface area contributed by atoms with Crippen molar-refractivity contribution in [3.05, 3.63) is 9.75 Å². The first kappa shape index (κ1) is 15.7. The molecular weight excluding hydrogens is 268 g/mol. The van der Waals surface area contributed by atoms with E-state index in [1.807, 2.05) is 11.3 Å². The molecule has 0 fully saturated rings. The molecule has 2 heterocycles. The highest BCUT2D eigenvalue weighted by atomic mass is 32.1. The van der Waals surface area contributed by atoms with Gasteiger partial charge in [-0.25, -0.2) is 0 Å². The van der Waals surface area contributed by atoms with Crippen LogP contribution in [0.3, 0.4) is 0 Å². The Hall–Kier alpha value is -0.700. The topological polar surface area (TPSA) is 18.5 Å². The molecule has 1 aliphatic rings. The minimum absolute atomic E-state index is 0.149. The fourth-order valence-corrected chi connectivity index (χ4v) is 4.23. The molecule has 0 saturated heterocycles. The van der Waals surface area contributed by atoms with E-state index in [2.05, 4.69) is 41.5 Å². The summed E-state index contributed by atoms with van der Waals surface area (Å²) in [5.41, 5.74) is 0.308. The van der Waals surface area contributed by atoms with E-state index in [0.717, 1.165) is 17.9 Å². The van der Waals surface area contributed by atoms with Crippen LogP contribution >= 0.6 is 11.3 Å². The van der Waals surface area contributed by atoms with Crippen LogP contribution in [0.4, 0.5) is 0 Å². The molecule has 1 aliphatic heterocycles. The van der Waals surface area contributed by atoms with Gasteiger partial charge >= 0.3 is 0 Å². The second kappa shape index (κ2) is 5.59. The molecule has 1 aromatic heterocycles. The Morgan fingerprint density at radius 2 is 1.40 bits per heavy atom. The van der Waals surface area contributed by atoms with E-state index in [4.69, 9.17) is 9.47 Å². The van der Waals surface area contributed by atoms with Crippen molar-refractivity contribution < 1.29 is 9.47 Å². The predicted octanol–water partition coefficient (Wildman–Crippen LogP) is 5.28. The number of hydrogen-bond donors (Lipinski definition) is 0. The van der Waals surface area contributed by atoms with Crippen LogP contribution in [0, 0.1) is 0 Å². The molecule has 0 atom stereocenters. The van der Waals surface area contributed by atoms with Crippen molar-refractivity contribution in [2.75, 3.05) is 13.2 Å². The Bertz CT molecular complexity index is 472. The van der Waals surface area contributed by atoms with Gasteiger partial charge in [0.1, 0.15) is 13.2 Å². The van der Waals surface area contributed by atoms with Crippen LogP contribution in [0.1, 0.15) is 70.6 Å². The van der Waals surface area contributed by atoms with Crippen molar-refractivity contribution in [2.45, 2.75) is 71.6 Å². The van der Waals surface area contributed by atoms with Gasteiger partial charge in [-0.05, 0) is 12.8 Å². The number of thiophene rings is 1. The highest BCUT2D eigenvalue weighted by Crippen LogP contribution is 2.54. The Balaban J connectivity index is 2.54. The number of rotatable bonds is 5. The minimum Gasteiger partial charge on any atom is -0.485 e. The lowest BCUT2D eigenvalue weighted by Gasteiger charge is -2.26. The largest absolute Gasteiger partial charge is 0.485 e. The van der Waals surface area contributed by atoms with E-state index in [-0.39, 0.29) is 10.8 Å². The predicted molar refractivity (Wildman–Crippen MR) is 86.6 cm³/mol. The van der Waals surface area contributed by atoms with Gasteiger partial charge in [-0.1, -0.05) is 48.0 Å². The number of fused-ring (bicyclic) bond motifs is 1. The van der Waals surface area contributed by atoms with Crippen LogP contribution < -0.4 is 9.47 Å². The number of ether oxygens (including phenoxy) is 2. The van der Waals surface area contributed by atoms with Crippen molar-refractivity contribution in [3.8, 4) is 11.5 Å². The molecule has 0 aliphatic carbocycles. The molecule has 0 amide bonds. The van der Waals surface area contributed by atoms with E-state index < -0.39 is 0 Å². The molecule has 0 aromatic carbocycles.